The Morgan fingerprint density at radius 1 is 1.25 bits per heavy atom. The lowest BCUT2D eigenvalue weighted by atomic mass is 10.0. The summed E-state index contributed by atoms with van der Waals surface area (Å²) in [4.78, 5) is 0. The Labute approximate surface area is 95.5 Å². The molecule has 0 aliphatic carbocycles. The van der Waals surface area contributed by atoms with Crippen molar-refractivity contribution in [3.63, 3.8) is 0 Å². The van der Waals surface area contributed by atoms with Crippen molar-refractivity contribution < 1.29 is 8.78 Å². The molecule has 0 fully saturated rings. The first-order valence-corrected chi connectivity index (χ1v) is 5.34. The molecule has 1 atom stereocenters. The lowest BCUT2D eigenvalue weighted by Gasteiger charge is -2.13. The van der Waals surface area contributed by atoms with Crippen LogP contribution >= 0.6 is 11.7 Å². The molecule has 1 N–H and O–H groups in total. The van der Waals surface area contributed by atoms with Crippen LogP contribution < -0.4 is 5.32 Å². The lowest BCUT2D eigenvalue weighted by molar-refractivity contribution is 0.570. The maximum absolute atomic E-state index is 13.1. The van der Waals surface area contributed by atoms with Crippen LogP contribution in [0.15, 0.2) is 24.4 Å². The van der Waals surface area contributed by atoms with Crippen molar-refractivity contribution in [2.45, 2.75) is 6.04 Å². The van der Waals surface area contributed by atoms with E-state index in [2.05, 4.69) is 14.1 Å². The van der Waals surface area contributed by atoms with Gasteiger partial charge in [-0.25, -0.2) is 8.78 Å². The maximum atomic E-state index is 13.1. The van der Waals surface area contributed by atoms with Crippen LogP contribution in [0.1, 0.15) is 17.3 Å². The average Bonchev–Trinajstić information content (AvgIpc) is 2.70. The highest BCUT2D eigenvalue weighted by Gasteiger charge is 2.16. The van der Waals surface area contributed by atoms with Crippen molar-refractivity contribution in [3.05, 3.63) is 47.3 Å². The molecule has 0 amide bonds. The number of halogens is 2. The number of nitrogens with zero attached hydrogens (tertiary/aromatic N) is 2. The van der Waals surface area contributed by atoms with Gasteiger partial charge in [0.1, 0.15) is 11.6 Å². The normalized spacial score (nSPS) is 12.7. The fourth-order valence-corrected chi connectivity index (χ4v) is 1.98. The Bertz CT molecular complexity index is 453. The molecule has 84 valence electrons. The van der Waals surface area contributed by atoms with Gasteiger partial charge >= 0.3 is 0 Å². The first-order chi connectivity index (χ1) is 7.70. The quantitative estimate of drug-likeness (QED) is 0.894. The summed E-state index contributed by atoms with van der Waals surface area (Å²) in [5.74, 6) is -1.20. The molecule has 16 heavy (non-hydrogen) atoms. The van der Waals surface area contributed by atoms with Gasteiger partial charge in [0.2, 0.25) is 0 Å². The highest BCUT2D eigenvalue weighted by molar-refractivity contribution is 6.99. The second kappa shape index (κ2) is 4.63. The lowest BCUT2D eigenvalue weighted by Crippen LogP contribution is -2.18. The fraction of sp³-hybridized carbons (Fsp3) is 0.200. The highest BCUT2D eigenvalue weighted by atomic mass is 32.1. The largest absolute Gasteiger partial charge is 0.308 e. The van der Waals surface area contributed by atoms with E-state index in [0.29, 0.717) is 11.3 Å². The number of rotatable bonds is 3. The summed E-state index contributed by atoms with van der Waals surface area (Å²) in [6, 6.07) is 3.06. The first-order valence-electron chi connectivity index (χ1n) is 4.61. The monoisotopic (exact) mass is 241 g/mol. The van der Waals surface area contributed by atoms with E-state index in [9.17, 15) is 8.78 Å². The summed E-state index contributed by atoms with van der Waals surface area (Å²) in [6.07, 6.45) is 1.58. The predicted octanol–water partition coefficient (Wildman–Crippen LogP) is 2.13. The number of hydrogen-bond acceptors (Lipinski definition) is 4. The average molecular weight is 241 g/mol. The molecule has 1 heterocycles. The molecule has 6 heteroatoms. The number of benzene rings is 1. The summed E-state index contributed by atoms with van der Waals surface area (Å²) in [5, 5.41) is 2.95. The molecule has 0 radical (unpaired) electrons. The molecular formula is C10H9F2N3S. The van der Waals surface area contributed by atoms with Gasteiger partial charge in [0.25, 0.3) is 0 Å². The van der Waals surface area contributed by atoms with E-state index in [1.165, 1.54) is 12.1 Å². The van der Waals surface area contributed by atoms with E-state index < -0.39 is 11.6 Å². The zero-order valence-corrected chi connectivity index (χ0v) is 9.26. The third kappa shape index (κ3) is 2.23. The molecule has 0 aliphatic rings. The van der Waals surface area contributed by atoms with E-state index in [4.69, 9.17) is 0 Å². The minimum atomic E-state index is -0.599. The summed E-state index contributed by atoms with van der Waals surface area (Å²) < 4.78 is 34.0. The van der Waals surface area contributed by atoms with Gasteiger partial charge in [-0.1, -0.05) is 0 Å². The Hall–Kier alpha value is -1.40. The zero-order chi connectivity index (χ0) is 11.5. The SMILES string of the molecule is CNC(c1cc(F)cc(F)c1)c1cnsn1. The molecule has 0 aliphatic heterocycles. The third-order valence-electron chi connectivity index (χ3n) is 2.18. The summed E-state index contributed by atoms with van der Waals surface area (Å²) in [7, 11) is 1.70. The van der Waals surface area contributed by atoms with Crippen molar-refractivity contribution in [1.82, 2.24) is 14.1 Å². The summed E-state index contributed by atoms with van der Waals surface area (Å²) in [5.41, 5.74) is 1.14. The Morgan fingerprint density at radius 3 is 2.44 bits per heavy atom. The molecule has 0 saturated carbocycles. The molecule has 0 bridgehead atoms. The smallest absolute Gasteiger partial charge is 0.126 e. The molecule has 0 spiro atoms. The van der Waals surface area contributed by atoms with E-state index in [-0.39, 0.29) is 6.04 Å². The van der Waals surface area contributed by atoms with Gasteiger partial charge in [0, 0.05) is 6.07 Å². The number of aromatic nitrogens is 2. The van der Waals surface area contributed by atoms with Crippen molar-refractivity contribution in [1.29, 1.82) is 0 Å². The van der Waals surface area contributed by atoms with Crippen LogP contribution in [0.5, 0.6) is 0 Å². The van der Waals surface area contributed by atoms with Gasteiger partial charge in [0.15, 0.2) is 0 Å². The fourth-order valence-electron chi connectivity index (χ4n) is 1.53. The molecule has 1 aromatic carbocycles. The van der Waals surface area contributed by atoms with Gasteiger partial charge in [-0.05, 0) is 24.7 Å². The summed E-state index contributed by atoms with van der Waals surface area (Å²) >= 11 is 1.06. The molecular weight excluding hydrogens is 232 g/mol. The molecule has 1 aromatic heterocycles. The van der Waals surface area contributed by atoms with Crippen LogP contribution in [0.4, 0.5) is 8.78 Å². The zero-order valence-electron chi connectivity index (χ0n) is 8.45. The Kier molecular flexibility index (Phi) is 3.21. The van der Waals surface area contributed by atoms with Crippen molar-refractivity contribution in [2.75, 3.05) is 7.05 Å². The Balaban J connectivity index is 2.41. The molecule has 1 unspecified atom stereocenters. The molecule has 2 rings (SSSR count). The van der Waals surface area contributed by atoms with Gasteiger partial charge < -0.3 is 5.32 Å². The second-order valence-electron chi connectivity index (χ2n) is 3.26. The minimum absolute atomic E-state index is 0.344. The van der Waals surface area contributed by atoms with Gasteiger partial charge in [0.05, 0.1) is 29.7 Å². The number of hydrogen-bond donors (Lipinski definition) is 1. The predicted molar refractivity (Wildman–Crippen MR) is 57.2 cm³/mol. The van der Waals surface area contributed by atoms with Crippen LogP contribution in [0, 0.1) is 11.6 Å². The van der Waals surface area contributed by atoms with E-state index in [0.717, 1.165) is 17.8 Å². The summed E-state index contributed by atoms with van der Waals surface area (Å²) in [6.45, 7) is 0. The van der Waals surface area contributed by atoms with Crippen molar-refractivity contribution in [3.8, 4) is 0 Å². The highest BCUT2D eigenvalue weighted by Crippen LogP contribution is 2.21. The van der Waals surface area contributed by atoms with E-state index in [1.807, 2.05) is 0 Å². The van der Waals surface area contributed by atoms with Gasteiger partial charge in [-0.15, -0.1) is 0 Å². The standard InChI is InChI=1S/C10H9F2N3S/c1-13-10(9-5-14-16-15-9)6-2-7(11)4-8(12)3-6/h2-5,10,13H,1H3. The van der Waals surface area contributed by atoms with E-state index >= 15 is 0 Å². The van der Waals surface area contributed by atoms with Crippen LogP contribution in [0.3, 0.4) is 0 Å². The second-order valence-corrected chi connectivity index (χ2v) is 3.81. The Morgan fingerprint density at radius 2 is 1.94 bits per heavy atom. The topological polar surface area (TPSA) is 37.8 Å². The van der Waals surface area contributed by atoms with Crippen LogP contribution in [0.25, 0.3) is 0 Å². The van der Waals surface area contributed by atoms with Gasteiger partial charge in [-0.2, -0.15) is 8.75 Å². The van der Waals surface area contributed by atoms with Crippen molar-refractivity contribution >= 4 is 11.7 Å². The minimum Gasteiger partial charge on any atom is -0.308 e. The van der Waals surface area contributed by atoms with Crippen LogP contribution in [-0.2, 0) is 0 Å². The van der Waals surface area contributed by atoms with Gasteiger partial charge in [-0.3, -0.25) is 0 Å². The first kappa shape index (κ1) is 11.1. The molecule has 2 aromatic rings. The third-order valence-corrected chi connectivity index (χ3v) is 2.67. The molecule has 3 nitrogen and oxygen atoms in total. The van der Waals surface area contributed by atoms with E-state index in [1.54, 1.807) is 13.2 Å². The molecule has 0 saturated heterocycles. The maximum Gasteiger partial charge on any atom is 0.126 e. The van der Waals surface area contributed by atoms with Crippen LogP contribution in [-0.4, -0.2) is 15.8 Å². The number of nitrogens with one attached hydrogen (secondary N) is 1. The van der Waals surface area contributed by atoms with Crippen molar-refractivity contribution in [2.24, 2.45) is 0 Å². The van der Waals surface area contributed by atoms with Crippen LogP contribution in [0.2, 0.25) is 0 Å².